The Bertz CT molecular complexity index is 160. The van der Waals surface area contributed by atoms with E-state index in [1.54, 1.807) is 0 Å². The predicted octanol–water partition coefficient (Wildman–Crippen LogP) is 2.63. The molecule has 0 saturated carbocycles. The molecular formula is C10H20O4. The second-order valence-electron chi connectivity index (χ2n) is 4.44. The van der Waals surface area contributed by atoms with Crippen LogP contribution in [0.2, 0.25) is 0 Å². The molecule has 0 aromatic carbocycles. The van der Waals surface area contributed by atoms with Crippen LogP contribution in [0.1, 0.15) is 47.0 Å². The standard InChI is InChI=1S/C10H20O4/c1-5-6-7-12-14-13-9(11)8-10(2,3)4/h5-8H2,1-4H3. The molecule has 0 saturated heterocycles. The summed E-state index contributed by atoms with van der Waals surface area (Å²) >= 11 is 0. The van der Waals surface area contributed by atoms with Gasteiger partial charge in [0, 0.05) is 0 Å². The van der Waals surface area contributed by atoms with Crippen molar-refractivity contribution in [3.8, 4) is 0 Å². The van der Waals surface area contributed by atoms with E-state index in [0.29, 0.717) is 13.0 Å². The van der Waals surface area contributed by atoms with Crippen LogP contribution < -0.4 is 0 Å². The molecule has 0 aromatic rings. The van der Waals surface area contributed by atoms with Crippen molar-refractivity contribution in [1.82, 2.24) is 0 Å². The van der Waals surface area contributed by atoms with Crippen LogP contribution in [-0.2, 0) is 19.6 Å². The van der Waals surface area contributed by atoms with Gasteiger partial charge in [0.05, 0.1) is 13.0 Å². The summed E-state index contributed by atoms with van der Waals surface area (Å²) in [4.78, 5) is 20.1. The molecule has 0 spiro atoms. The molecule has 0 atom stereocenters. The molecule has 0 fully saturated rings. The fourth-order valence-electron chi connectivity index (χ4n) is 0.762. The van der Waals surface area contributed by atoms with Crippen LogP contribution >= 0.6 is 0 Å². The Labute approximate surface area is 85.4 Å². The largest absolute Gasteiger partial charge is 0.346 e. The first kappa shape index (κ1) is 13.4. The van der Waals surface area contributed by atoms with Gasteiger partial charge in [-0.05, 0) is 16.9 Å². The monoisotopic (exact) mass is 204 g/mol. The smallest absolute Gasteiger partial charge is 0.269 e. The van der Waals surface area contributed by atoms with Gasteiger partial charge in [0.2, 0.25) is 0 Å². The molecule has 0 unspecified atom stereocenters. The number of rotatable bonds is 6. The highest BCUT2D eigenvalue weighted by molar-refractivity contribution is 5.69. The maximum atomic E-state index is 11.1. The van der Waals surface area contributed by atoms with Crippen LogP contribution in [0.5, 0.6) is 0 Å². The van der Waals surface area contributed by atoms with Crippen molar-refractivity contribution < 1.29 is 19.6 Å². The zero-order valence-corrected chi connectivity index (χ0v) is 9.46. The third-order valence-electron chi connectivity index (χ3n) is 1.43. The summed E-state index contributed by atoms with van der Waals surface area (Å²) in [5.74, 6) is -0.408. The second-order valence-corrected chi connectivity index (χ2v) is 4.44. The van der Waals surface area contributed by atoms with E-state index in [1.807, 2.05) is 27.7 Å². The van der Waals surface area contributed by atoms with Gasteiger partial charge in [0.1, 0.15) is 0 Å². The summed E-state index contributed by atoms with van der Waals surface area (Å²) in [6, 6.07) is 0. The van der Waals surface area contributed by atoms with Crippen molar-refractivity contribution in [3.63, 3.8) is 0 Å². The van der Waals surface area contributed by atoms with Crippen molar-refractivity contribution >= 4 is 5.97 Å². The minimum absolute atomic E-state index is 0.0934. The lowest BCUT2D eigenvalue weighted by Gasteiger charge is -2.15. The first-order chi connectivity index (χ1) is 6.45. The number of carbonyl (C=O) groups excluding carboxylic acids is 1. The topological polar surface area (TPSA) is 44.8 Å². The van der Waals surface area contributed by atoms with Crippen molar-refractivity contribution in [2.24, 2.45) is 5.41 Å². The van der Waals surface area contributed by atoms with Crippen LogP contribution in [0.3, 0.4) is 0 Å². The highest BCUT2D eigenvalue weighted by Gasteiger charge is 2.17. The molecule has 0 aliphatic rings. The number of hydrogen-bond donors (Lipinski definition) is 0. The SMILES string of the molecule is CCCCOOOC(=O)CC(C)(C)C. The number of hydrogen-bond acceptors (Lipinski definition) is 4. The molecule has 4 nitrogen and oxygen atoms in total. The Balaban J connectivity index is 3.36. The average Bonchev–Trinajstić information content (AvgIpc) is 2.00. The lowest BCUT2D eigenvalue weighted by atomic mass is 9.93. The molecule has 14 heavy (non-hydrogen) atoms. The van der Waals surface area contributed by atoms with E-state index in [1.165, 1.54) is 0 Å². The van der Waals surface area contributed by atoms with Gasteiger partial charge in [0.25, 0.3) is 0 Å². The molecule has 0 aliphatic heterocycles. The van der Waals surface area contributed by atoms with Gasteiger partial charge in [-0.25, -0.2) is 4.79 Å². The Morgan fingerprint density at radius 3 is 2.43 bits per heavy atom. The number of unbranched alkanes of at least 4 members (excludes halogenated alkanes) is 1. The zero-order chi connectivity index (χ0) is 11.0. The lowest BCUT2D eigenvalue weighted by Crippen LogP contribution is -2.15. The molecule has 0 rings (SSSR count). The lowest BCUT2D eigenvalue weighted by molar-refractivity contribution is -0.486. The van der Waals surface area contributed by atoms with Gasteiger partial charge < -0.3 is 0 Å². The van der Waals surface area contributed by atoms with Crippen LogP contribution in [0, 0.1) is 5.41 Å². The molecule has 0 aromatic heterocycles. The minimum atomic E-state index is -0.408. The normalized spacial score (nSPS) is 11.4. The Morgan fingerprint density at radius 2 is 1.93 bits per heavy atom. The first-order valence-corrected chi connectivity index (χ1v) is 4.94. The second kappa shape index (κ2) is 6.79. The summed E-state index contributed by atoms with van der Waals surface area (Å²) < 4.78 is 0. The van der Waals surface area contributed by atoms with Gasteiger partial charge in [0.15, 0.2) is 0 Å². The van der Waals surface area contributed by atoms with E-state index in [-0.39, 0.29) is 5.41 Å². The summed E-state index contributed by atoms with van der Waals surface area (Å²) in [5.41, 5.74) is -0.0934. The fourth-order valence-corrected chi connectivity index (χ4v) is 0.762. The summed E-state index contributed by atoms with van der Waals surface area (Å²) in [5, 5.41) is 4.29. The molecule has 0 N–H and O–H groups in total. The zero-order valence-electron chi connectivity index (χ0n) is 9.46. The molecule has 0 radical (unpaired) electrons. The predicted molar refractivity (Wildman–Crippen MR) is 52.1 cm³/mol. The summed E-state index contributed by atoms with van der Waals surface area (Å²) in [7, 11) is 0. The van der Waals surface area contributed by atoms with Gasteiger partial charge in [-0.1, -0.05) is 34.1 Å². The van der Waals surface area contributed by atoms with Gasteiger partial charge in [-0.3, -0.25) is 4.89 Å². The minimum Gasteiger partial charge on any atom is -0.269 e. The van der Waals surface area contributed by atoms with Crippen molar-refractivity contribution in [1.29, 1.82) is 0 Å². The molecular weight excluding hydrogens is 184 g/mol. The van der Waals surface area contributed by atoms with Crippen molar-refractivity contribution in [2.45, 2.75) is 47.0 Å². The Morgan fingerprint density at radius 1 is 1.29 bits per heavy atom. The Kier molecular flexibility index (Phi) is 6.49. The summed E-state index contributed by atoms with van der Waals surface area (Å²) in [6.45, 7) is 8.33. The first-order valence-electron chi connectivity index (χ1n) is 4.94. The van der Waals surface area contributed by atoms with Crippen LogP contribution in [0.15, 0.2) is 0 Å². The van der Waals surface area contributed by atoms with E-state index >= 15 is 0 Å². The molecule has 4 heteroatoms. The van der Waals surface area contributed by atoms with E-state index < -0.39 is 5.97 Å². The molecule has 0 bridgehead atoms. The quantitative estimate of drug-likeness (QED) is 0.379. The van der Waals surface area contributed by atoms with Crippen LogP contribution in [0.25, 0.3) is 0 Å². The summed E-state index contributed by atoms with van der Waals surface area (Å²) in [6.07, 6.45) is 2.21. The maximum Gasteiger partial charge on any atom is 0.346 e. The number of carbonyl (C=O) groups is 1. The van der Waals surface area contributed by atoms with E-state index in [9.17, 15) is 4.79 Å². The third kappa shape index (κ3) is 9.48. The highest BCUT2D eigenvalue weighted by atomic mass is 17.5. The average molecular weight is 204 g/mol. The van der Waals surface area contributed by atoms with Gasteiger partial charge >= 0.3 is 5.97 Å². The van der Waals surface area contributed by atoms with Gasteiger partial charge in [-0.15, -0.1) is 0 Å². The molecule has 84 valence electrons. The van der Waals surface area contributed by atoms with Gasteiger partial charge in [-0.2, -0.15) is 4.89 Å². The molecule has 0 heterocycles. The highest BCUT2D eigenvalue weighted by Crippen LogP contribution is 2.18. The Hall–Kier alpha value is -0.610. The van der Waals surface area contributed by atoms with Crippen LogP contribution in [-0.4, -0.2) is 12.6 Å². The van der Waals surface area contributed by atoms with Crippen LogP contribution in [0.4, 0.5) is 0 Å². The fraction of sp³-hybridized carbons (Fsp3) is 0.900. The molecule has 0 amide bonds. The van der Waals surface area contributed by atoms with E-state index in [4.69, 9.17) is 0 Å². The third-order valence-corrected chi connectivity index (χ3v) is 1.43. The molecule has 0 aliphatic carbocycles. The van der Waals surface area contributed by atoms with Crippen molar-refractivity contribution in [3.05, 3.63) is 0 Å². The van der Waals surface area contributed by atoms with E-state index in [0.717, 1.165) is 12.8 Å². The van der Waals surface area contributed by atoms with E-state index in [2.05, 4.69) is 14.8 Å². The maximum absolute atomic E-state index is 11.1. The van der Waals surface area contributed by atoms with Crippen molar-refractivity contribution in [2.75, 3.05) is 6.61 Å².